The highest BCUT2D eigenvalue weighted by Gasteiger charge is 2.06. The Hall–Kier alpha value is -2.14. The van der Waals surface area contributed by atoms with Gasteiger partial charge in [0.1, 0.15) is 0 Å². The molecule has 1 aromatic carbocycles. The van der Waals surface area contributed by atoms with E-state index in [-0.39, 0.29) is 11.8 Å². The molecule has 22 heavy (non-hydrogen) atoms. The van der Waals surface area contributed by atoms with E-state index >= 15 is 0 Å². The minimum Gasteiger partial charge on any atom is -0.356 e. The zero-order valence-electron chi connectivity index (χ0n) is 12.4. The van der Waals surface area contributed by atoms with Crippen molar-refractivity contribution in [3.63, 3.8) is 0 Å². The van der Waals surface area contributed by atoms with Crippen LogP contribution in [0.3, 0.4) is 0 Å². The van der Waals surface area contributed by atoms with Gasteiger partial charge in [0.05, 0.1) is 4.88 Å². The number of thiophene rings is 1. The molecule has 4 nitrogen and oxygen atoms in total. The summed E-state index contributed by atoms with van der Waals surface area (Å²) in [6, 6.07) is 13.7. The molecule has 0 bridgehead atoms. The zero-order chi connectivity index (χ0) is 15.6. The largest absolute Gasteiger partial charge is 0.356 e. The topological polar surface area (TPSA) is 58.2 Å². The molecule has 1 heterocycles. The van der Waals surface area contributed by atoms with E-state index in [1.165, 1.54) is 16.9 Å². The molecule has 0 fully saturated rings. The van der Waals surface area contributed by atoms with Gasteiger partial charge in [-0.3, -0.25) is 9.59 Å². The Labute approximate surface area is 134 Å². The zero-order valence-corrected chi connectivity index (χ0v) is 13.2. The third-order valence-corrected chi connectivity index (χ3v) is 4.06. The number of amides is 2. The third kappa shape index (κ3) is 5.69. The van der Waals surface area contributed by atoms with Gasteiger partial charge in [0.2, 0.25) is 5.91 Å². The summed E-state index contributed by atoms with van der Waals surface area (Å²) in [4.78, 5) is 24.1. The first kappa shape index (κ1) is 16.2. The van der Waals surface area contributed by atoms with Gasteiger partial charge in [-0.15, -0.1) is 11.3 Å². The second kappa shape index (κ2) is 9.00. The van der Waals surface area contributed by atoms with Crippen LogP contribution in [0.1, 0.15) is 28.1 Å². The molecule has 116 valence electrons. The van der Waals surface area contributed by atoms with Gasteiger partial charge < -0.3 is 10.6 Å². The van der Waals surface area contributed by atoms with Crippen LogP contribution in [0.15, 0.2) is 47.8 Å². The lowest BCUT2D eigenvalue weighted by Gasteiger charge is -2.06. The van der Waals surface area contributed by atoms with Gasteiger partial charge in [-0.1, -0.05) is 36.4 Å². The summed E-state index contributed by atoms with van der Waals surface area (Å²) in [5.74, 6) is -0.0409. The Kier molecular flexibility index (Phi) is 6.64. The monoisotopic (exact) mass is 316 g/mol. The fourth-order valence-corrected chi connectivity index (χ4v) is 2.67. The van der Waals surface area contributed by atoms with Crippen LogP contribution in [-0.2, 0) is 11.2 Å². The van der Waals surface area contributed by atoms with Crippen LogP contribution in [0.4, 0.5) is 0 Å². The highest BCUT2D eigenvalue weighted by molar-refractivity contribution is 7.12. The van der Waals surface area contributed by atoms with Gasteiger partial charge in [0, 0.05) is 19.5 Å². The van der Waals surface area contributed by atoms with Crippen molar-refractivity contribution in [3.8, 4) is 0 Å². The average Bonchev–Trinajstić information content (AvgIpc) is 3.07. The number of carbonyl (C=O) groups is 2. The third-order valence-electron chi connectivity index (χ3n) is 3.19. The Morgan fingerprint density at radius 2 is 1.77 bits per heavy atom. The Morgan fingerprint density at radius 1 is 0.955 bits per heavy atom. The minimum absolute atomic E-state index is 0.0290. The minimum atomic E-state index is -0.0699. The molecule has 0 atom stereocenters. The lowest BCUT2D eigenvalue weighted by Crippen LogP contribution is -2.28. The quantitative estimate of drug-likeness (QED) is 0.736. The van der Waals surface area contributed by atoms with Crippen molar-refractivity contribution in [2.75, 3.05) is 13.1 Å². The summed E-state index contributed by atoms with van der Waals surface area (Å²) >= 11 is 1.41. The average molecular weight is 316 g/mol. The summed E-state index contributed by atoms with van der Waals surface area (Å²) in [7, 11) is 0. The Bertz CT molecular complexity index is 582. The smallest absolute Gasteiger partial charge is 0.261 e. The molecule has 5 heteroatoms. The van der Waals surface area contributed by atoms with Crippen molar-refractivity contribution in [1.82, 2.24) is 10.6 Å². The van der Waals surface area contributed by atoms with Crippen LogP contribution >= 0.6 is 11.3 Å². The fourth-order valence-electron chi connectivity index (χ4n) is 2.03. The number of rotatable bonds is 8. The van der Waals surface area contributed by atoms with E-state index in [2.05, 4.69) is 10.6 Å². The fraction of sp³-hybridized carbons (Fsp3) is 0.294. The van der Waals surface area contributed by atoms with Crippen molar-refractivity contribution >= 4 is 23.2 Å². The SMILES string of the molecule is O=C(CCCNC(=O)c1cccs1)NCCc1ccccc1. The molecule has 2 rings (SSSR count). The molecule has 0 aliphatic heterocycles. The summed E-state index contributed by atoms with van der Waals surface area (Å²) in [5.41, 5.74) is 1.21. The van der Waals surface area contributed by atoms with E-state index in [9.17, 15) is 9.59 Å². The molecule has 0 saturated heterocycles. The maximum Gasteiger partial charge on any atom is 0.261 e. The highest BCUT2D eigenvalue weighted by atomic mass is 32.1. The first-order chi connectivity index (χ1) is 10.8. The normalized spacial score (nSPS) is 10.2. The predicted molar refractivity (Wildman–Crippen MR) is 89.0 cm³/mol. The molecule has 0 radical (unpaired) electrons. The molecular weight excluding hydrogens is 296 g/mol. The van der Waals surface area contributed by atoms with E-state index in [1.54, 1.807) is 6.07 Å². The molecule has 2 N–H and O–H groups in total. The second-order valence-corrected chi connectivity index (χ2v) is 5.87. The van der Waals surface area contributed by atoms with Gasteiger partial charge in [-0.05, 0) is 29.9 Å². The number of carbonyl (C=O) groups excluding carboxylic acids is 2. The molecular formula is C17H20N2O2S. The summed E-state index contributed by atoms with van der Waals surface area (Å²) < 4.78 is 0. The van der Waals surface area contributed by atoms with Gasteiger partial charge in [-0.25, -0.2) is 0 Å². The maximum atomic E-state index is 11.7. The molecule has 2 amide bonds. The van der Waals surface area contributed by atoms with Gasteiger partial charge in [-0.2, -0.15) is 0 Å². The lowest BCUT2D eigenvalue weighted by molar-refractivity contribution is -0.121. The summed E-state index contributed by atoms with van der Waals surface area (Å²) in [5, 5.41) is 7.58. The molecule has 1 aromatic heterocycles. The first-order valence-electron chi connectivity index (χ1n) is 7.38. The van der Waals surface area contributed by atoms with E-state index in [4.69, 9.17) is 0 Å². The first-order valence-corrected chi connectivity index (χ1v) is 8.26. The van der Waals surface area contributed by atoms with Crippen LogP contribution in [0.2, 0.25) is 0 Å². The van der Waals surface area contributed by atoms with Crippen molar-refractivity contribution < 1.29 is 9.59 Å². The molecule has 0 saturated carbocycles. The number of hydrogen-bond acceptors (Lipinski definition) is 3. The van der Waals surface area contributed by atoms with Crippen molar-refractivity contribution in [2.45, 2.75) is 19.3 Å². The molecule has 0 aliphatic rings. The van der Waals surface area contributed by atoms with Crippen LogP contribution < -0.4 is 10.6 Å². The van der Waals surface area contributed by atoms with Gasteiger partial charge in [0.25, 0.3) is 5.91 Å². The van der Waals surface area contributed by atoms with Crippen molar-refractivity contribution in [1.29, 1.82) is 0 Å². The molecule has 0 aliphatic carbocycles. The number of nitrogens with one attached hydrogen (secondary N) is 2. The van der Waals surface area contributed by atoms with Crippen LogP contribution in [0.5, 0.6) is 0 Å². The van der Waals surface area contributed by atoms with Crippen LogP contribution in [0, 0.1) is 0 Å². The Morgan fingerprint density at radius 3 is 2.50 bits per heavy atom. The van der Waals surface area contributed by atoms with Crippen LogP contribution in [0.25, 0.3) is 0 Å². The second-order valence-electron chi connectivity index (χ2n) is 4.92. The van der Waals surface area contributed by atoms with Crippen molar-refractivity contribution in [3.05, 3.63) is 58.3 Å². The standard InChI is InChI=1S/C17H20N2O2S/c20-16(18-12-10-14-6-2-1-3-7-14)9-4-11-19-17(21)15-8-5-13-22-15/h1-3,5-8,13H,4,9-12H2,(H,18,20)(H,19,21). The van der Waals surface area contributed by atoms with Crippen molar-refractivity contribution in [2.24, 2.45) is 0 Å². The molecule has 0 unspecified atom stereocenters. The van der Waals surface area contributed by atoms with E-state index < -0.39 is 0 Å². The highest BCUT2D eigenvalue weighted by Crippen LogP contribution is 2.07. The molecule has 2 aromatic rings. The van der Waals surface area contributed by atoms with E-state index in [0.29, 0.717) is 30.8 Å². The van der Waals surface area contributed by atoms with Gasteiger partial charge >= 0.3 is 0 Å². The summed E-state index contributed by atoms with van der Waals surface area (Å²) in [6.07, 6.45) is 1.91. The maximum absolute atomic E-state index is 11.7. The van der Waals surface area contributed by atoms with Gasteiger partial charge in [0.15, 0.2) is 0 Å². The Balaban J connectivity index is 1.53. The van der Waals surface area contributed by atoms with E-state index in [1.807, 2.05) is 41.8 Å². The summed E-state index contributed by atoms with van der Waals surface area (Å²) in [6.45, 7) is 1.16. The number of hydrogen-bond donors (Lipinski definition) is 2. The predicted octanol–water partition coefficient (Wildman–Crippen LogP) is 2.62. The number of benzene rings is 1. The molecule has 0 spiro atoms. The van der Waals surface area contributed by atoms with Crippen LogP contribution in [-0.4, -0.2) is 24.9 Å². The van der Waals surface area contributed by atoms with E-state index in [0.717, 1.165) is 6.42 Å². The lowest BCUT2D eigenvalue weighted by atomic mass is 10.1.